The van der Waals surface area contributed by atoms with E-state index in [0.29, 0.717) is 6.54 Å². The van der Waals surface area contributed by atoms with Gasteiger partial charge < -0.3 is 10.4 Å². The smallest absolute Gasteiger partial charge is 0.303 e. The molecule has 0 aliphatic rings. The number of carbonyl (C=O) groups excluding carboxylic acids is 1. The molecule has 0 aromatic heterocycles. The summed E-state index contributed by atoms with van der Waals surface area (Å²) in [7, 11) is 0. The normalized spacial score (nSPS) is 10.5. The number of hydrogen-bond donors (Lipinski definition) is 2. The summed E-state index contributed by atoms with van der Waals surface area (Å²) in [5.41, 5.74) is -0.553. The minimum absolute atomic E-state index is 0.0430. The van der Waals surface area contributed by atoms with Gasteiger partial charge in [0.2, 0.25) is 5.91 Å². The van der Waals surface area contributed by atoms with Crippen LogP contribution in [0.3, 0.4) is 0 Å². The number of hydrogen-bond acceptors (Lipinski definition) is 3. The summed E-state index contributed by atoms with van der Waals surface area (Å²) in [6.45, 7) is 3.77. The molecule has 5 heteroatoms. The molecule has 0 saturated carbocycles. The molecule has 0 atom stereocenters. The van der Waals surface area contributed by atoms with Crippen LogP contribution in [0.5, 0.6) is 0 Å². The number of carboxylic acid groups (broad SMARTS) is 1. The van der Waals surface area contributed by atoms with Crippen LogP contribution in [0.15, 0.2) is 0 Å². The molecule has 84 valence electrons. The number of nitrogens with zero attached hydrogens (tertiary/aromatic N) is 1. The van der Waals surface area contributed by atoms with Gasteiger partial charge >= 0.3 is 5.97 Å². The Morgan fingerprint density at radius 1 is 1.40 bits per heavy atom. The van der Waals surface area contributed by atoms with Crippen LogP contribution in [0.25, 0.3) is 0 Å². The lowest BCUT2D eigenvalue weighted by atomic mass is 9.85. The van der Waals surface area contributed by atoms with E-state index in [9.17, 15) is 9.59 Å². The summed E-state index contributed by atoms with van der Waals surface area (Å²) in [6, 6.07) is 1.91. The molecular formula is C10H16N2O3. The quantitative estimate of drug-likeness (QED) is 0.640. The molecule has 0 radical (unpaired) electrons. The fourth-order valence-corrected chi connectivity index (χ4v) is 1.23. The van der Waals surface area contributed by atoms with Crippen molar-refractivity contribution in [2.45, 2.75) is 33.1 Å². The van der Waals surface area contributed by atoms with Gasteiger partial charge in [0.25, 0.3) is 0 Å². The minimum Gasteiger partial charge on any atom is -0.481 e. The van der Waals surface area contributed by atoms with Crippen molar-refractivity contribution in [2.75, 3.05) is 6.54 Å². The van der Waals surface area contributed by atoms with E-state index >= 15 is 0 Å². The lowest BCUT2D eigenvalue weighted by molar-refractivity contribution is -0.139. The van der Waals surface area contributed by atoms with Crippen LogP contribution < -0.4 is 5.32 Å². The van der Waals surface area contributed by atoms with Crippen LogP contribution in [0, 0.1) is 16.7 Å². The molecule has 0 aliphatic carbocycles. The largest absolute Gasteiger partial charge is 0.481 e. The summed E-state index contributed by atoms with van der Waals surface area (Å²) in [4.78, 5) is 21.8. The van der Waals surface area contributed by atoms with E-state index in [2.05, 4.69) is 5.32 Å². The van der Waals surface area contributed by atoms with Crippen LogP contribution in [0.4, 0.5) is 0 Å². The van der Waals surface area contributed by atoms with Gasteiger partial charge in [-0.05, 0) is 5.41 Å². The van der Waals surface area contributed by atoms with Crippen LogP contribution in [0.1, 0.15) is 33.1 Å². The molecule has 0 aromatic carbocycles. The van der Waals surface area contributed by atoms with E-state index in [0.717, 1.165) is 0 Å². The fourth-order valence-electron chi connectivity index (χ4n) is 1.23. The van der Waals surface area contributed by atoms with Crippen molar-refractivity contribution in [3.05, 3.63) is 0 Å². The Labute approximate surface area is 89.1 Å². The van der Waals surface area contributed by atoms with Gasteiger partial charge in [-0.1, -0.05) is 13.8 Å². The molecule has 0 saturated heterocycles. The van der Waals surface area contributed by atoms with E-state index in [1.807, 2.05) is 6.07 Å². The number of nitriles is 1. The maximum Gasteiger partial charge on any atom is 0.303 e. The van der Waals surface area contributed by atoms with Crippen LogP contribution in [-0.2, 0) is 9.59 Å². The second-order valence-corrected chi connectivity index (χ2v) is 4.17. The van der Waals surface area contributed by atoms with Gasteiger partial charge in [0.05, 0.1) is 18.9 Å². The standard InChI is InChI=1S/C10H16N2O3/c1-10(2,7-9(14)15)6-8(13)12-5-3-4-11/h3,5-7H2,1-2H3,(H,12,13)(H,14,15). The SMILES string of the molecule is CC(C)(CC(=O)O)CC(=O)NCCC#N. The molecule has 0 aliphatic heterocycles. The molecule has 0 unspecified atom stereocenters. The van der Waals surface area contributed by atoms with Gasteiger partial charge in [0.1, 0.15) is 0 Å². The highest BCUT2D eigenvalue weighted by Crippen LogP contribution is 2.24. The van der Waals surface area contributed by atoms with Crippen molar-refractivity contribution in [1.29, 1.82) is 5.26 Å². The lowest BCUT2D eigenvalue weighted by Gasteiger charge is -2.21. The Bertz CT molecular complexity index is 279. The topological polar surface area (TPSA) is 90.2 Å². The van der Waals surface area contributed by atoms with Crippen molar-refractivity contribution in [3.8, 4) is 6.07 Å². The number of rotatable bonds is 6. The zero-order chi connectivity index (χ0) is 11.9. The minimum atomic E-state index is -0.912. The van der Waals surface area contributed by atoms with E-state index in [-0.39, 0.29) is 25.2 Å². The second kappa shape index (κ2) is 6.02. The molecule has 2 N–H and O–H groups in total. The monoisotopic (exact) mass is 212 g/mol. The van der Waals surface area contributed by atoms with Crippen molar-refractivity contribution in [1.82, 2.24) is 5.32 Å². The molecule has 1 amide bonds. The Kier molecular flexibility index (Phi) is 5.39. The summed E-state index contributed by atoms with van der Waals surface area (Å²) >= 11 is 0. The van der Waals surface area contributed by atoms with Gasteiger partial charge in [-0.3, -0.25) is 9.59 Å². The van der Waals surface area contributed by atoms with Crippen LogP contribution in [0.2, 0.25) is 0 Å². The second-order valence-electron chi connectivity index (χ2n) is 4.17. The number of carbonyl (C=O) groups is 2. The van der Waals surface area contributed by atoms with Gasteiger partial charge in [-0.15, -0.1) is 0 Å². The van der Waals surface area contributed by atoms with E-state index in [1.54, 1.807) is 13.8 Å². The highest BCUT2D eigenvalue weighted by atomic mass is 16.4. The first-order chi connectivity index (χ1) is 6.87. The molecule has 15 heavy (non-hydrogen) atoms. The Morgan fingerprint density at radius 3 is 2.47 bits per heavy atom. The van der Waals surface area contributed by atoms with Gasteiger partial charge in [0, 0.05) is 13.0 Å². The maximum absolute atomic E-state index is 11.3. The van der Waals surface area contributed by atoms with Crippen LogP contribution >= 0.6 is 0 Å². The Morgan fingerprint density at radius 2 is 2.00 bits per heavy atom. The highest BCUT2D eigenvalue weighted by molar-refractivity contribution is 5.77. The van der Waals surface area contributed by atoms with Gasteiger partial charge in [-0.25, -0.2) is 0 Å². The molecule has 0 bridgehead atoms. The third-order valence-corrected chi connectivity index (χ3v) is 1.83. The average molecular weight is 212 g/mol. The first-order valence-electron chi connectivity index (χ1n) is 4.73. The molecular weight excluding hydrogens is 196 g/mol. The molecule has 0 fully saturated rings. The van der Waals surface area contributed by atoms with Crippen molar-refractivity contribution in [2.24, 2.45) is 5.41 Å². The molecule has 0 heterocycles. The zero-order valence-electron chi connectivity index (χ0n) is 9.04. The number of nitrogens with one attached hydrogen (secondary N) is 1. The number of amides is 1. The molecule has 0 spiro atoms. The number of carboxylic acids is 1. The maximum atomic E-state index is 11.3. The van der Waals surface area contributed by atoms with Crippen molar-refractivity contribution < 1.29 is 14.7 Å². The van der Waals surface area contributed by atoms with Crippen molar-refractivity contribution in [3.63, 3.8) is 0 Å². The Balaban J connectivity index is 3.94. The van der Waals surface area contributed by atoms with E-state index in [4.69, 9.17) is 10.4 Å². The van der Waals surface area contributed by atoms with E-state index in [1.165, 1.54) is 0 Å². The summed E-state index contributed by atoms with van der Waals surface area (Å²) in [6.07, 6.45) is 0.383. The summed E-state index contributed by atoms with van der Waals surface area (Å²) < 4.78 is 0. The zero-order valence-corrected chi connectivity index (χ0v) is 9.04. The van der Waals surface area contributed by atoms with Gasteiger partial charge in [0.15, 0.2) is 0 Å². The number of aliphatic carboxylic acids is 1. The van der Waals surface area contributed by atoms with Crippen LogP contribution in [-0.4, -0.2) is 23.5 Å². The fraction of sp³-hybridized carbons (Fsp3) is 0.700. The highest BCUT2D eigenvalue weighted by Gasteiger charge is 2.24. The van der Waals surface area contributed by atoms with Gasteiger partial charge in [-0.2, -0.15) is 5.26 Å². The average Bonchev–Trinajstić information content (AvgIpc) is 2.00. The summed E-state index contributed by atoms with van der Waals surface area (Å²) in [5.74, 6) is -1.12. The molecule has 5 nitrogen and oxygen atoms in total. The predicted octanol–water partition coefficient (Wildman–Crippen LogP) is 0.907. The van der Waals surface area contributed by atoms with E-state index < -0.39 is 11.4 Å². The first-order valence-corrected chi connectivity index (χ1v) is 4.73. The molecule has 0 rings (SSSR count). The third-order valence-electron chi connectivity index (χ3n) is 1.83. The Hall–Kier alpha value is -1.57. The predicted molar refractivity (Wildman–Crippen MR) is 53.9 cm³/mol. The van der Waals surface area contributed by atoms with Crippen molar-refractivity contribution >= 4 is 11.9 Å². The summed E-state index contributed by atoms with van der Waals surface area (Å²) in [5, 5.41) is 19.4. The third kappa shape index (κ3) is 7.50. The first kappa shape index (κ1) is 13.4. The molecule has 0 aromatic rings. The lowest BCUT2D eigenvalue weighted by Crippen LogP contribution is -2.30.